The lowest BCUT2D eigenvalue weighted by atomic mass is 10.1. The van der Waals surface area contributed by atoms with Crippen molar-refractivity contribution in [3.63, 3.8) is 0 Å². The first kappa shape index (κ1) is 14.2. The molecule has 0 aliphatic carbocycles. The number of nitrogens with zero attached hydrogens (tertiary/aromatic N) is 1. The number of nitrogens with one attached hydrogen (secondary N) is 1. The number of aromatic nitrogens is 1. The molecule has 0 saturated heterocycles. The van der Waals surface area contributed by atoms with E-state index in [1.807, 2.05) is 49.5 Å². The Bertz CT molecular complexity index is 798. The molecule has 0 spiro atoms. The normalized spacial score (nSPS) is 10.5. The Balaban J connectivity index is 2.06. The second-order valence-electron chi connectivity index (χ2n) is 5.03. The van der Waals surface area contributed by atoms with Gasteiger partial charge in [0, 0.05) is 28.3 Å². The summed E-state index contributed by atoms with van der Waals surface area (Å²) in [5.41, 5.74) is 3.14. The van der Waals surface area contributed by atoms with Gasteiger partial charge >= 0.3 is 0 Å². The first-order valence-corrected chi connectivity index (χ1v) is 7.06. The molecule has 0 atom stereocenters. The fourth-order valence-electron chi connectivity index (χ4n) is 2.54. The molecule has 0 fully saturated rings. The highest BCUT2D eigenvalue weighted by atomic mass is 16.5. The molecule has 2 aromatic carbocycles. The number of ether oxygens (including phenoxy) is 2. The van der Waals surface area contributed by atoms with Crippen molar-refractivity contribution in [3.05, 3.63) is 54.2 Å². The van der Waals surface area contributed by atoms with Gasteiger partial charge in [-0.3, -0.25) is 0 Å². The second-order valence-corrected chi connectivity index (χ2v) is 5.03. The molecule has 4 nitrogen and oxygen atoms in total. The molecule has 4 heteroatoms. The first-order valence-electron chi connectivity index (χ1n) is 7.06. The predicted molar refractivity (Wildman–Crippen MR) is 89.3 cm³/mol. The van der Waals surface area contributed by atoms with Crippen molar-refractivity contribution in [2.24, 2.45) is 0 Å². The molecule has 22 heavy (non-hydrogen) atoms. The fraction of sp³-hybridized carbons (Fsp3) is 0.167. The van der Waals surface area contributed by atoms with Crippen LogP contribution >= 0.6 is 0 Å². The van der Waals surface area contributed by atoms with E-state index in [9.17, 15) is 0 Å². The predicted octanol–water partition coefficient (Wildman–Crippen LogP) is 4.30. The van der Waals surface area contributed by atoms with E-state index in [2.05, 4.69) is 16.4 Å². The van der Waals surface area contributed by atoms with Gasteiger partial charge in [-0.15, -0.1) is 0 Å². The standard InChI is InChI=1S/C18H18N2O2/c1-12-11-19-18(22-3)15-5-4-6-16(17(12)15)20-13-7-9-14(21-2)10-8-13/h4-11,20H,1-3H3. The van der Waals surface area contributed by atoms with Crippen molar-refractivity contribution in [3.8, 4) is 11.6 Å². The lowest BCUT2D eigenvalue weighted by Gasteiger charge is -2.13. The highest BCUT2D eigenvalue weighted by molar-refractivity contribution is 6.00. The van der Waals surface area contributed by atoms with Crippen molar-refractivity contribution in [2.75, 3.05) is 19.5 Å². The summed E-state index contributed by atoms with van der Waals surface area (Å²) in [5.74, 6) is 1.48. The fourth-order valence-corrected chi connectivity index (χ4v) is 2.54. The molecule has 0 bridgehead atoms. The topological polar surface area (TPSA) is 43.4 Å². The van der Waals surface area contributed by atoms with Crippen molar-refractivity contribution in [1.29, 1.82) is 0 Å². The van der Waals surface area contributed by atoms with Gasteiger partial charge in [0.15, 0.2) is 0 Å². The van der Waals surface area contributed by atoms with Crippen LogP contribution in [-0.4, -0.2) is 19.2 Å². The summed E-state index contributed by atoms with van der Waals surface area (Å²) in [5, 5.41) is 5.57. The summed E-state index contributed by atoms with van der Waals surface area (Å²) in [6.45, 7) is 2.05. The van der Waals surface area contributed by atoms with Crippen molar-refractivity contribution >= 4 is 22.1 Å². The van der Waals surface area contributed by atoms with Gasteiger partial charge in [0.1, 0.15) is 5.75 Å². The third-order valence-corrected chi connectivity index (χ3v) is 3.63. The average Bonchev–Trinajstić information content (AvgIpc) is 2.56. The molecule has 1 N–H and O–H groups in total. The van der Waals surface area contributed by atoms with Crippen LogP contribution in [0.4, 0.5) is 11.4 Å². The summed E-state index contributed by atoms with van der Waals surface area (Å²) in [4.78, 5) is 4.33. The minimum Gasteiger partial charge on any atom is -0.497 e. The Morgan fingerprint density at radius 2 is 1.73 bits per heavy atom. The molecular formula is C18H18N2O2. The van der Waals surface area contributed by atoms with Crippen LogP contribution in [0.1, 0.15) is 5.56 Å². The lowest BCUT2D eigenvalue weighted by molar-refractivity contribution is 0.403. The molecule has 0 saturated carbocycles. The number of anilines is 2. The molecule has 0 amide bonds. The van der Waals surface area contributed by atoms with Gasteiger partial charge in [0.05, 0.1) is 14.2 Å². The van der Waals surface area contributed by atoms with E-state index in [-0.39, 0.29) is 0 Å². The molecular weight excluding hydrogens is 276 g/mol. The maximum Gasteiger partial charge on any atom is 0.221 e. The number of rotatable bonds is 4. The maximum absolute atomic E-state index is 5.36. The van der Waals surface area contributed by atoms with Crippen LogP contribution in [0.25, 0.3) is 10.8 Å². The van der Waals surface area contributed by atoms with Gasteiger partial charge in [-0.1, -0.05) is 6.07 Å². The van der Waals surface area contributed by atoms with E-state index in [0.29, 0.717) is 5.88 Å². The SMILES string of the molecule is COc1ccc(Nc2cccc3c(OC)ncc(C)c23)cc1. The van der Waals surface area contributed by atoms with Crippen molar-refractivity contribution in [1.82, 2.24) is 4.98 Å². The van der Waals surface area contributed by atoms with E-state index in [1.165, 1.54) is 0 Å². The van der Waals surface area contributed by atoms with E-state index in [4.69, 9.17) is 9.47 Å². The third-order valence-electron chi connectivity index (χ3n) is 3.63. The van der Waals surface area contributed by atoms with Gasteiger partial charge in [0.2, 0.25) is 5.88 Å². The smallest absolute Gasteiger partial charge is 0.221 e. The number of aryl methyl sites for hydroxylation is 1. The molecule has 0 aliphatic rings. The van der Waals surface area contributed by atoms with Crippen molar-refractivity contribution in [2.45, 2.75) is 6.92 Å². The van der Waals surface area contributed by atoms with E-state index in [0.717, 1.165) is 33.5 Å². The molecule has 1 aromatic heterocycles. The Labute approximate surface area is 129 Å². The number of pyridine rings is 1. The minimum atomic E-state index is 0.638. The minimum absolute atomic E-state index is 0.638. The summed E-state index contributed by atoms with van der Waals surface area (Å²) >= 11 is 0. The van der Waals surface area contributed by atoms with Gasteiger partial charge < -0.3 is 14.8 Å². The molecule has 0 radical (unpaired) electrons. The van der Waals surface area contributed by atoms with E-state index in [1.54, 1.807) is 14.2 Å². The molecule has 112 valence electrons. The molecule has 0 unspecified atom stereocenters. The van der Waals surface area contributed by atoms with Crippen LogP contribution in [-0.2, 0) is 0 Å². The Morgan fingerprint density at radius 1 is 0.955 bits per heavy atom. The van der Waals surface area contributed by atoms with Crippen LogP contribution in [0.5, 0.6) is 11.6 Å². The van der Waals surface area contributed by atoms with Crippen LogP contribution in [0.3, 0.4) is 0 Å². The Kier molecular flexibility index (Phi) is 3.83. The van der Waals surface area contributed by atoms with Crippen LogP contribution in [0.15, 0.2) is 48.7 Å². The zero-order valence-corrected chi connectivity index (χ0v) is 12.9. The molecule has 3 aromatic rings. The number of fused-ring (bicyclic) bond motifs is 1. The monoisotopic (exact) mass is 294 g/mol. The maximum atomic E-state index is 5.36. The Hall–Kier alpha value is -2.75. The highest BCUT2D eigenvalue weighted by Crippen LogP contribution is 2.33. The zero-order chi connectivity index (χ0) is 15.5. The summed E-state index contributed by atoms with van der Waals surface area (Å²) in [6, 6.07) is 13.9. The Morgan fingerprint density at radius 3 is 2.41 bits per heavy atom. The van der Waals surface area contributed by atoms with Crippen LogP contribution in [0.2, 0.25) is 0 Å². The van der Waals surface area contributed by atoms with Gasteiger partial charge in [0.25, 0.3) is 0 Å². The summed E-state index contributed by atoms with van der Waals surface area (Å²) in [7, 11) is 3.30. The molecule has 3 rings (SSSR count). The first-order chi connectivity index (χ1) is 10.7. The largest absolute Gasteiger partial charge is 0.497 e. The summed E-state index contributed by atoms with van der Waals surface area (Å²) < 4.78 is 10.5. The summed E-state index contributed by atoms with van der Waals surface area (Å²) in [6.07, 6.45) is 1.83. The highest BCUT2D eigenvalue weighted by Gasteiger charge is 2.09. The number of hydrogen-bond acceptors (Lipinski definition) is 4. The average molecular weight is 294 g/mol. The lowest BCUT2D eigenvalue weighted by Crippen LogP contribution is -1.96. The van der Waals surface area contributed by atoms with E-state index < -0.39 is 0 Å². The second kappa shape index (κ2) is 5.93. The third kappa shape index (κ3) is 2.55. The quantitative estimate of drug-likeness (QED) is 0.779. The number of benzene rings is 2. The van der Waals surface area contributed by atoms with Crippen LogP contribution < -0.4 is 14.8 Å². The van der Waals surface area contributed by atoms with Gasteiger partial charge in [-0.2, -0.15) is 0 Å². The van der Waals surface area contributed by atoms with Crippen molar-refractivity contribution < 1.29 is 9.47 Å². The zero-order valence-electron chi connectivity index (χ0n) is 12.9. The van der Waals surface area contributed by atoms with Gasteiger partial charge in [-0.25, -0.2) is 4.98 Å². The number of methoxy groups -OCH3 is 2. The van der Waals surface area contributed by atoms with Crippen LogP contribution in [0, 0.1) is 6.92 Å². The molecule has 0 aliphatic heterocycles. The molecule has 1 heterocycles. The number of hydrogen-bond donors (Lipinski definition) is 1. The van der Waals surface area contributed by atoms with Gasteiger partial charge in [-0.05, 0) is 48.9 Å². The van der Waals surface area contributed by atoms with E-state index >= 15 is 0 Å².